The van der Waals surface area contributed by atoms with E-state index in [1.54, 1.807) is 23.8 Å². The van der Waals surface area contributed by atoms with Gasteiger partial charge in [0.25, 0.3) is 0 Å². The first-order valence-electron chi connectivity index (χ1n) is 10.5. The van der Waals surface area contributed by atoms with Crippen LogP contribution in [0, 0.1) is 5.92 Å². The van der Waals surface area contributed by atoms with Gasteiger partial charge in [-0.1, -0.05) is 19.9 Å². The lowest BCUT2D eigenvalue weighted by molar-refractivity contribution is -0.141. The lowest BCUT2D eigenvalue weighted by atomic mass is 9.99. The van der Waals surface area contributed by atoms with Crippen LogP contribution in [-0.2, 0) is 19.2 Å². The molecule has 0 radical (unpaired) electrons. The molecule has 29 heavy (non-hydrogen) atoms. The summed E-state index contributed by atoms with van der Waals surface area (Å²) in [6.07, 6.45) is 5.89. The Hall–Kier alpha value is -2.38. The minimum atomic E-state index is -0.377. The van der Waals surface area contributed by atoms with Crippen molar-refractivity contribution in [1.82, 2.24) is 20.0 Å². The van der Waals surface area contributed by atoms with E-state index in [4.69, 9.17) is 0 Å². The Morgan fingerprint density at radius 3 is 2.38 bits per heavy atom. The molecular weight excluding hydrogens is 372 g/mol. The van der Waals surface area contributed by atoms with Crippen molar-refractivity contribution >= 4 is 24.1 Å². The summed E-state index contributed by atoms with van der Waals surface area (Å²) in [5.41, 5.74) is 0.535. The average Bonchev–Trinajstić information content (AvgIpc) is 3.40. The summed E-state index contributed by atoms with van der Waals surface area (Å²) in [6, 6.07) is -0.659. The van der Waals surface area contributed by atoms with Crippen molar-refractivity contribution in [2.24, 2.45) is 5.92 Å². The molecule has 0 saturated carbocycles. The molecule has 0 spiro atoms. The number of carbonyl (C=O) groups excluding carboxylic acids is 4. The van der Waals surface area contributed by atoms with Crippen molar-refractivity contribution in [1.29, 1.82) is 0 Å². The van der Waals surface area contributed by atoms with Gasteiger partial charge in [-0.05, 0) is 38.5 Å². The molecule has 162 valence electrons. The summed E-state index contributed by atoms with van der Waals surface area (Å²) in [5, 5.41) is 2.38. The van der Waals surface area contributed by atoms with E-state index in [0.717, 1.165) is 32.4 Å². The van der Waals surface area contributed by atoms with Gasteiger partial charge in [-0.3, -0.25) is 19.2 Å². The van der Waals surface area contributed by atoms with E-state index in [1.165, 1.54) is 0 Å². The number of amides is 4. The summed E-state index contributed by atoms with van der Waals surface area (Å²) in [4.78, 5) is 53.8. The molecule has 0 aliphatic carbocycles. The zero-order valence-corrected chi connectivity index (χ0v) is 18.0. The van der Waals surface area contributed by atoms with Gasteiger partial charge < -0.3 is 20.0 Å². The second-order valence-corrected chi connectivity index (χ2v) is 8.28. The Balaban J connectivity index is 2.12. The summed E-state index contributed by atoms with van der Waals surface area (Å²) in [5.74, 6) is -0.217. The highest BCUT2D eigenvalue weighted by atomic mass is 16.2. The summed E-state index contributed by atoms with van der Waals surface area (Å²) >= 11 is 0. The van der Waals surface area contributed by atoms with Gasteiger partial charge in [-0.2, -0.15) is 0 Å². The lowest BCUT2D eigenvalue weighted by Crippen LogP contribution is -2.47. The van der Waals surface area contributed by atoms with Gasteiger partial charge in [0.1, 0.15) is 6.04 Å². The van der Waals surface area contributed by atoms with Gasteiger partial charge in [0.05, 0.1) is 12.6 Å². The van der Waals surface area contributed by atoms with E-state index >= 15 is 0 Å². The van der Waals surface area contributed by atoms with Crippen LogP contribution in [0.2, 0.25) is 0 Å². The topological polar surface area (TPSA) is 90.0 Å². The lowest BCUT2D eigenvalue weighted by Gasteiger charge is -2.31. The molecule has 0 aromatic rings. The van der Waals surface area contributed by atoms with Crippen LogP contribution < -0.4 is 5.32 Å². The van der Waals surface area contributed by atoms with Gasteiger partial charge in [0, 0.05) is 32.3 Å². The summed E-state index contributed by atoms with van der Waals surface area (Å²) in [6.45, 7) is 7.76. The van der Waals surface area contributed by atoms with Crippen LogP contribution in [0.5, 0.6) is 0 Å². The molecule has 2 fully saturated rings. The van der Waals surface area contributed by atoms with Crippen molar-refractivity contribution in [2.45, 2.75) is 58.5 Å². The third kappa shape index (κ3) is 5.58. The third-order valence-electron chi connectivity index (χ3n) is 5.83. The standard InChI is InChI=1S/C21H34N4O4/c1-15(2)18(23(4)19(27)13-22-14-26)12-16(3)20(28)25-11-7-8-17(25)21(29)24-9-5-6-10-24/h12,14-15,17-18H,5-11,13H2,1-4H3,(H,22,26)/b16-12+/t17-,18?/m0/s1. The van der Waals surface area contributed by atoms with Crippen LogP contribution in [0.25, 0.3) is 0 Å². The number of nitrogens with zero attached hydrogens (tertiary/aromatic N) is 3. The normalized spacial score (nSPS) is 20.7. The molecule has 2 heterocycles. The summed E-state index contributed by atoms with van der Waals surface area (Å²) in [7, 11) is 1.67. The van der Waals surface area contributed by atoms with Crippen LogP contribution in [0.1, 0.15) is 46.5 Å². The molecule has 1 unspecified atom stereocenters. The molecule has 2 atom stereocenters. The van der Waals surface area contributed by atoms with Crippen LogP contribution in [-0.4, -0.2) is 84.1 Å². The van der Waals surface area contributed by atoms with Crippen LogP contribution >= 0.6 is 0 Å². The average molecular weight is 407 g/mol. The van der Waals surface area contributed by atoms with E-state index in [2.05, 4.69) is 5.32 Å². The molecule has 1 N–H and O–H groups in total. The van der Waals surface area contributed by atoms with E-state index in [9.17, 15) is 19.2 Å². The molecule has 8 heteroatoms. The zero-order valence-electron chi connectivity index (χ0n) is 18.0. The predicted molar refractivity (Wildman–Crippen MR) is 110 cm³/mol. The predicted octanol–water partition coefficient (Wildman–Crippen LogP) is 0.775. The third-order valence-corrected chi connectivity index (χ3v) is 5.83. The number of hydrogen-bond donors (Lipinski definition) is 1. The maximum Gasteiger partial charge on any atom is 0.249 e. The second-order valence-electron chi connectivity index (χ2n) is 8.28. The monoisotopic (exact) mass is 406 g/mol. The molecule has 0 bridgehead atoms. The molecule has 8 nitrogen and oxygen atoms in total. The first kappa shape index (κ1) is 22.9. The minimum Gasteiger partial charge on any atom is -0.350 e. The van der Waals surface area contributed by atoms with Gasteiger partial charge in [-0.25, -0.2) is 0 Å². The van der Waals surface area contributed by atoms with Crippen molar-refractivity contribution in [2.75, 3.05) is 33.2 Å². The van der Waals surface area contributed by atoms with Gasteiger partial charge in [-0.15, -0.1) is 0 Å². The first-order chi connectivity index (χ1) is 13.8. The van der Waals surface area contributed by atoms with Crippen LogP contribution in [0.4, 0.5) is 0 Å². The van der Waals surface area contributed by atoms with Crippen molar-refractivity contribution in [3.63, 3.8) is 0 Å². The van der Waals surface area contributed by atoms with Crippen molar-refractivity contribution < 1.29 is 19.2 Å². The van der Waals surface area contributed by atoms with Crippen LogP contribution in [0.3, 0.4) is 0 Å². The van der Waals surface area contributed by atoms with E-state index in [-0.39, 0.29) is 42.3 Å². The molecule has 0 aromatic carbocycles. The Labute approximate surface area is 173 Å². The summed E-state index contributed by atoms with van der Waals surface area (Å²) < 4.78 is 0. The smallest absolute Gasteiger partial charge is 0.249 e. The molecule has 4 amide bonds. The Kier molecular flexibility index (Phi) is 8.22. The van der Waals surface area contributed by atoms with E-state index in [0.29, 0.717) is 24.9 Å². The van der Waals surface area contributed by atoms with Gasteiger partial charge in [0.15, 0.2) is 0 Å². The number of likely N-dealkylation sites (N-methyl/N-ethyl adjacent to an activating group) is 1. The quantitative estimate of drug-likeness (QED) is 0.476. The Bertz CT molecular complexity index is 655. The zero-order chi connectivity index (χ0) is 21.6. The van der Waals surface area contributed by atoms with Crippen LogP contribution in [0.15, 0.2) is 11.6 Å². The molecule has 2 aliphatic rings. The van der Waals surface area contributed by atoms with Crippen molar-refractivity contribution in [3.05, 3.63) is 11.6 Å². The Morgan fingerprint density at radius 2 is 1.79 bits per heavy atom. The SMILES string of the molecule is C/C(=C\C(C(C)C)N(C)C(=O)CNC=O)C(=O)N1CCC[C@H]1C(=O)N1CCCC1. The fourth-order valence-electron chi connectivity index (χ4n) is 4.14. The van der Waals surface area contributed by atoms with Gasteiger partial charge in [0.2, 0.25) is 24.1 Å². The Morgan fingerprint density at radius 1 is 1.14 bits per heavy atom. The number of carbonyl (C=O) groups is 4. The number of nitrogens with one attached hydrogen (secondary N) is 1. The van der Waals surface area contributed by atoms with E-state index in [1.807, 2.05) is 24.8 Å². The highest BCUT2D eigenvalue weighted by molar-refractivity contribution is 5.97. The number of hydrogen-bond acceptors (Lipinski definition) is 4. The van der Waals surface area contributed by atoms with Gasteiger partial charge >= 0.3 is 0 Å². The fraction of sp³-hybridized carbons (Fsp3) is 0.714. The van der Waals surface area contributed by atoms with E-state index < -0.39 is 0 Å². The second kappa shape index (κ2) is 10.4. The highest BCUT2D eigenvalue weighted by Crippen LogP contribution is 2.24. The first-order valence-corrected chi connectivity index (χ1v) is 10.5. The molecule has 0 aromatic heterocycles. The molecule has 2 aliphatic heterocycles. The maximum atomic E-state index is 13.1. The number of rotatable bonds is 8. The minimum absolute atomic E-state index is 0.0637. The molecular formula is C21H34N4O4. The number of likely N-dealkylation sites (tertiary alicyclic amines) is 2. The maximum absolute atomic E-state index is 13.1. The van der Waals surface area contributed by atoms with Crippen molar-refractivity contribution in [3.8, 4) is 0 Å². The molecule has 2 rings (SSSR count). The largest absolute Gasteiger partial charge is 0.350 e. The fourth-order valence-corrected chi connectivity index (χ4v) is 4.14. The molecule has 2 saturated heterocycles. The highest BCUT2D eigenvalue weighted by Gasteiger charge is 2.37.